The summed E-state index contributed by atoms with van der Waals surface area (Å²) in [5.74, 6) is 0.448. The largest absolute Gasteiger partial charge is 0.497 e. The molecule has 0 bridgehead atoms. The van der Waals surface area contributed by atoms with Crippen LogP contribution in [0.4, 0.5) is 0 Å². The Labute approximate surface area is 124 Å². The highest BCUT2D eigenvalue weighted by atomic mass is 79.9. The van der Waals surface area contributed by atoms with Crippen molar-refractivity contribution >= 4 is 21.9 Å². The molecule has 0 saturated heterocycles. The van der Waals surface area contributed by atoms with Crippen molar-refractivity contribution in [2.75, 3.05) is 7.11 Å². The third-order valence-electron chi connectivity index (χ3n) is 2.59. The summed E-state index contributed by atoms with van der Waals surface area (Å²) in [6.07, 6.45) is 0. The van der Waals surface area contributed by atoms with Crippen LogP contribution < -0.4 is 9.47 Å². The Hall–Kier alpha value is -2.32. The molecule has 20 heavy (non-hydrogen) atoms. The van der Waals surface area contributed by atoms with Crippen molar-refractivity contribution in [3.63, 3.8) is 0 Å². The molecule has 2 aromatic carbocycles. The summed E-state index contributed by atoms with van der Waals surface area (Å²) in [6.45, 7) is 0. The van der Waals surface area contributed by atoms with Gasteiger partial charge in [0, 0.05) is 4.47 Å². The van der Waals surface area contributed by atoms with E-state index in [1.165, 1.54) is 7.11 Å². The zero-order valence-electron chi connectivity index (χ0n) is 10.6. The molecule has 0 atom stereocenters. The number of benzene rings is 2. The van der Waals surface area contributed by atoms with E-state index in [-0.39, 0.29) is 0 Å². The van der Waals surface area contributed by atoms with Crippen molar-refractivity contribution in [2.24, 2.45) is 0 Å². The number of hydrogen-bond donors (Lipinski definition) is 0. The molecule has 0 unspecified atom stereocenters. The molecule has 0 aliphatic heterocycles. The molecule has 0 heterocycles. The van der Waals surface area contributed by atoms with Gasteiger partial charge >= 0.3 is 5.97 Å². The van der Waals surface area contributed by atoms with Gasteiger partial charge < -0.3 is 9.47 Å². The Morgan fingerprint density at radius 3 is 2.40 bits per heavy atom. The van der Waals surface area contributed by atoms with Crippen molar-refractivity contribution in [1.29, 1.82) is 5.26 Å². The molecule has 0 fully saturated rings. The summed E-state index contributed by atoms with van der Waals surface area (Å²) in [6, 6.07) is 13.4. The molecule has 0 aliphatic carbocycles. The number of rotatable bonds is 3. The van der Waals surface area contributed by atoms with Gasteiger partial charge in [0.25, 0.3) is 0 Å². The highest BCUT2D eigenvalue weighted by Crippen LogP contribution is 2.24. The van der Waals surface area contributed by atoms with Crippen molar-refractivity contribution in [3.8, 4) is 17.6 Å². The van der Waals surface area contributed by atoms with Crippen molar-refractivity contribution in [2.45, 2.75) is 0 Å². The van der Waals surface area contributed by atoms with Crippen LogP contribution in [-0.4, -0.2) is 13.1 Å². The minimum Gasteiger partial charge on any atom is -0.497 e. The fourth-order valence-electron chi connectivity index (χ4n) is 1.55. The molecule has 0 N–H and O–H groups in total. The summed E-state index contributed by atoms with van der Waals surface area (Å²) >= 11 is 3.30. The molecule has 0 amide bonds. The zero-order valence-corrected chi connectivity index (χ0v) is 12.2. The number of nitrogens with zero attached hydrogens (tertiary/aromatic N) is 1. The summed E-state index contributed by atoms with van der Waals surface area (Å²) in [7, 11) is 1.53. The maximum Gasteiger partial charge on any atom is 0.344 e. The van der Waals surface area contributed by atoms with Gasteiger partial charge in [-0.25, -0.2) is 4.79 Å². The van der Waals surface area contributed by atoms with Crippen LogP contribution in [0.5, 0.6) is 11.5 Å². The van der Waals surface area contributed by atoms with Crippen LogP contribution in [0.2, 0.25) is 0 Å². The number of carbonyl (C=O) groups is 1. The molecule has 0 radical (unpaired) electrons. The molecule has 4 nitrogen and oxygen atoms in total. The van der Waals surface area contributed by atoms with E-state index in [9.17, 15) is 4.79 Å². The Morgan fingerprint density at radius 1 is 1.15 bits per heavy atom. The van der Waals surface area contributed by atoms with Crippen LogP contribution in [-0.2, 0) is 0 Å². The second-order valence-corrected chi connectivity index (χ2v) is 4.73. The van der Waals surface area contributed by atoms with Crippen LogP contribution in [0.3, 0.4) is 0 Å². The number of hydrogen-bond acceptors (Lipinski definition) is 4. The van der Waals surface area contributed by atoms with Gasteiger partial charge in [-0.1, -0.05) is 0 Å². The first-order valence-corrected chi connectivity index (χ1v) is 6.49. The van der Waals surface area contributed by atoms with Crippen LogP contribution in [0.15, 0.2) is 46.9 Å². The van der Waals surface area contributed by atoms with Crippen molar-refractivity contribution in [3.05, 3.63) is 58.1 Å². The van der Waals surface area contributed by atoms with Crippen molar-refractivity contribution in [1.82, 2.24) is 0 Å². The number of halogens is 1. The maximum absolute atomic E-state index is 12.1. The number of ether oxygens (including phenoxy) is 2. The Bertz CT molecular complexity index is 675. The molecule has 0 saturated carbocycles. The molecule has 100 valence electrons. The summed E-state index contributed by atoms with van der Waals surface area (Å²) in [5.41, 5.74) is 0.876. The molecule has 5 heteroatoms. The lowest BCUT2D eigenvalue weighted by Crippen LogP contribution is -2.09. The normalized spacial score (nSPS) is 9.65. The molecular weight excluding hydrogens is 322 g/mol. The minimum absolute atomic E-state index is 0.369. The maximum atomic E-state index is 12.1. The summed E-state index contributed by atoms with van der Waals surface area (Å²) < 4.78 is 10.9. The lowest BCUT2D eigenvalue weighted by molar-refractivity contribution is 0.0733. The third kappa shape index (κ3) is 3.16. The van der Waals surface area contributed by atoms with Gasteiger partial charge in [-0.15, -0.1) is 0 Å². The fourth-order valence-corrected chi connectivity index (χ4v) is 1.96. The van der Waals surface area contributed by atoms with E-state index in [4.69, 9.17) is 14.7 Å². The van der Waals surface area contributed by atoms with Crippen LogP contribution >= 0.6 is 15.9 Å². The van der Waals surface area contributed by atoms with E-state index in [2.05, 4.69) is 15.9 Å². The monoisotopic (exact) mass is 331 g/mol. The first kappa shape index (κ1) is 14.1. The van der Waals surface area contributed by atoms with E-state index in [1.807, 2.05) is 6.07 Å². The first-order valence-electron chi connectivity index (χ1n) is 5.70. The minimum atomic E-state index is -0.500. The summed E-state index contributed by atoms with van der Waals surface area (Å²) in [4.78, 5) is 12.1. The number of nitriles is 1. The predicted octanol–water partition coefficient (Wildman–Crippen LogP) is 3.55. The van der Waals surface area contributed by atoms with E-state index in [0.29, 0.717) is 27.1 Å². The average Bonchev–Trinajstić information content (AvgIpc) is 2.48. The van der Waals surface area contributed by atoms with Crippen molar-refractivity contribution < 1.29 is 14.3 Å². The quantitative estimate of drug-likeness (QED) is 0.637. The van der Waals surface area contributed by atoms with E-state index in [0.717, 1.165) is 0 Å². The molecule has 2 rings (SSSR count). The molecular formula is C15H10BrNO3. The smallest absolute Gasteiger partial charge is 0.344 e. The second-order valence-electron chi connectivity index (χ2n) is 3.87. The topological polar surface area (TPSA) is 59.3 Å². The Balaban J connectivity index is 2.21. The van der Waals surface area contributed by atoms with E-state index in [1.54, 1.807) is 42.5 Å². The van der Waals surface area contributed by atoms with Gasteiger partial charge in [0.2, 0.25) is 0 Å². The summed E-state index contributed by atoms with van der Waals surface area (Å²) in [5, 5.41) is 8.70. The predicted molar refractivity (Wildman–Crippen MR) is 76.8 cm³/mol. The van der Waals surface area contributed by atoms with Crippen LogP contribution in [0, 0.1) is 11.3 Å². The van der Waals surface area contributed by atoms with Gasteiger partial charge in [0.15, 0.2) is 0 Å². The average molecular weight is 332 g/mol. The zero-order chi connectivity index (χ0) is 14.5. The Morgan fingerprint density at radius 2 is 1.80 bits per heavy atom. The highest BCUT2D eigenvalue weighted by molar-refractivity contribution is 9.10. The van der Waals surface area contributed by atoms with Gasteiger partial charge in [0.05, 0.1) is 24.3 Å². The molecule has 0 spiro atoms. The molecule has 0 aliphatic rings. The van der Waals surface area contributed by atoms with Crippen LogP contribution in [0.25, 0.3) is 0 Å². The number of carbonyl (C=O) groups excluding carboxylic acids is 1. The Kier molecular flexibility index (Phi) is 4.38. The highest BCUT2D eigenvalue weighted by Gasteiger charge is 2.13. The van der Waals surface area contributed by atoms with E-state index < -0.39 is 5.97 Å². The number of esters is 1. The lowest BCUT2D eigenvalue weighted by Gasteiger charge is -2.07. The van der Waals surface area contributed by atoms with Gasteiger partial charge in [-0.3, -0.25) is 0 Å². The van der Waals surface area contributed by atoms with Gasteiger partial charge in [-0.2, -0.15) is 5.26 Å². The third-order valence-corrected chi connectivity index (χ3v) is 3.28. The van der Waals surface area contributed by atoms with Gasteiger partial charge in [0.1, 0.15) is 11.5 Å². The molecule has 0 aromatic heterocycles. The molecule has 2 aromatic rings. The van der Waals surface area contributed by atoms with E-state index >= 15 is 0 Å². The lowest BCUT2D eigenvalue weighted by atomic mass is 10.2. The number of methoxy groups -OCH3 is 1. The standard InChI is InChI=1S/C15H10BrNO3/c1-19-12-6-7-14(16)13(8-12)15(18)20-11-4-2-10(9-17)3-5-11/h2-8H,1H3. The van der Waals surface area contributed by atoms with Gasteiger partial charge in [-0.05, 0) is 58.4 Å². The second kappa shape index (κ2) is 6.22. The fraction of sp³-hybridized carbons (Fsp3) is 0.0667. The first-order chi connectivity index (χ1) is 9.63. The van der Waals surface area contributed by atoms with Crippen LogP contribution in [0.1, 0.15) is 15.9 Å². The SMILES string of the molecule is COc1ccc(Br)c(C(=O)Oc2ccc(C#N)cc2)c1.